The number of hydrogen-bond acceptors (Lipinski definition) is 6. The minimum absolute atomic E-state index is 0.103. The Labute approximate surface area is 190 Å². The number of nitrogens with one attached hydrogen (secondary N) is 2. The highest BCUT2D eigenvalue weighted by atomic mass is 32.1. The van der Waals surface area contributed by atoms with Crippen molar-refractivity contribution in [3.05, 3.63) is 59.1 Å². The Hall–Kier alpha value is -3.04. The van der Waals surface area contributed by atoms with Gasteiger partial charge in [-0.05, 0) is 31.1 Å². The summed E-state index contributed by atoms with van der Waals surface area (Å²) in [5, 5.41) is 11.5. The molecule has 3 aromatic rings. The van der Waals surface area contributed by atoms with E-state index in [0.29, 0.717) is 17.2 Å². The molecule has 0 aliphatic carbocycles. The van der Waals surface area contributed by atoms with E-state index in [0.717, 1.165) is 62.2 Å². The van der Waals surface area contributed by atoms with Crippen LogP contribution in [0, 0.1) is 11.2 Å². The number of likely N-dealkylation sites (tertiary alicyclic amines) is 1. The summed E-state index contributed by atoms with van der Waals surface area (Å²) in [6.07, 6.45) is 7.06. The first-order chi connectivity index (χ1) is 15.7. The topological polar surface area (TPSA) is 81.1 Å². The van der Waals surface area contributed by atoms with Gasteiger partial charge in [-0.2, -0.15) is 0 Å². The molecule has 7 nitrogen and oxygen atoms in total. The van der Waals surface area contributed by atoms with Gasteiger partial charge in [-0.3, -0.25) is 5.41 Å². The highest BCUT2D eigenvalue weighted by Crippen LogP contribution is 2.33. The quantitative estimate of drug-likeness (QED) is 0.445. The van der Waals surface area contributed by atoms with Gasteiger partial charge in [0.05, 0.1) is 31.1 Å². The number of benzene rings is 1. The Morgan fingerprint density at radius 2 is 2.09 bits per heavy atom. The molecule has 1 atom stereocenters. The summed E-state index contributed by atoms with van der Waals surface area (Å²) < 4.78 is 19.7. The summed E-state index contributed by atoms with van der Waals surface area (Å²) in [5.74, 6) is 0.806. The average Bonchev–Trinajstić information content (AvgIpc) is 3.59. The maximum absolute atomic E-state index is 14.3. The molecule has 2 aliphatic heterocycles. The molecule has 0 spiro atoms. The van der Waals surface area contributed by atoms with Crippen molar-refractivity contribution >= 4 is 28.4 Å². The van der Waals surface area contributed by atoms with Gasteiger partial charge in [0.1, 0.15) is 23.2 Å². The Balaban J connectivity index is 1.26. The van der Waals surface area contributed by atoms with Crippen molar-refractivity contribution in [3.63, 3.8) is 0 Å². The third-order valence-corrected chi connectivity index (χ3v) is 6.77. The minimum atomic E-state index is -0.212. The zero-order chi connectivity index (χ0) is 21.9. The minimum Gasteiger partial charge on any atom is -0.378 e. The fraction of sp³-hybridized carbons (Fsp3) is 0.348. The van der Waals surface area contributed by atoms with Crippen molar-refractivity contribution in [1.82, 2.24) is 19.9 Å². The second-order valence-corrected chi connectivity index (χ2v) is 8.72. The molecular weight excluding hydrogens is 427 g/mol. The van der Waals surface area contributed by atoms with Crippen molar-refractivity contribution < 1.29 is 9.13 Å². The Morgan fingerprint density at radius 3 is 2.94 bits per heavy atom. The number of halogens is 1. The van der Waals surface area contributed by atoms with Crippen molar-refractivity contribution in [3.8, 4) is 11.4 Å². The smallest absolute Gasteiger partial charge is 0.186 e. The van der Waals surface area contributed by atoms with E-state index in [-0.39, 0.29) is 11.9 Å². The molecule has 1 aromatic carbocycles. The van der Waals surface area contributed by atoms with E-state index in [1.165, 1.54) is 6.07 Å². The van der Waals surface area contributed by atoms with Gasteiger partial charge in [-0.1, -0.05) is 18.2 Å². The average molecular weight is 453 g/mol. The number of thiazole rings is 1. The van der Waals surface area contributed by atoms with Crippen LogP contribution in [0.5, 0.6) is 0 Å². The molecule has 2 N–H and O–H groups in total. The molecule has 0 saturated carbocycles. The molecule has 2 fully saturated rings. The first-order valence-corrected chi connectivity index (χ1v) is 11.7. The van der Waals surface area contributed by atoms with Crippen LogP contribution >= 0.6 is 11.3 Å². The number of ether oxygens (including phenoxy) is 1. The lowest BCUT2D eigenvalue weighted by Gasteiger charge is -2.26. The molecule has 0 radical (unpaired) electrons. The van der Waals surface area contributed by atoms with Gasteiger partial charge < -0.3 is 19.5 Å². The number of H-pyrrole nitrogens is 1. The number of imidazole rings is 1. The van der Waals surface area contributed by atoms with Crippen LogP contribution in [-0.2, 0) is 4.74 Å². The largest absolute Gasteiger partial charge is 0.378 e. The predicted octanol–water partition coefficient (Wildman–Crippen LogP) is 4.34. The molecule has 2 aliphatic rings. The monoisotopic (exact) mass is 452 g/mol. The van der Waals surface area contributed by atoms with E-state index in [1.54, 1.807) is 35.8 Å². The van der Waals surface area contributed by atoms with Crippen LogP contribution in [0.3, 0.4) is 0 Å². The number of aromatic amines is 1. The lowest BCUT2D eigenvalue weighted by atomic mass is 10.0. The van der Waals surface area contributed by atoms with Gasteiger partial charge in [0, 0.05) is 30.6 Å². The molecule has 5 rings (SSSR count). The van der Waals surface area contributed by atoms with Crippen molar-refractivity contribution in [2.45, 2.75) is 18.9 Å². The van der Waals surface area contributed by atoms with Crippen molar-refractivity contribution in [1.29, 1.82) is 5.41 Å². The van der Waals surface area contributed by atoms with Gasteiger partial charge in [-0.15, -0.1) is 11.3 Å². The highest BCUT2D eigenvalue weighted by molar-refractivity contribution is 7.14. The van der Waals surface area contributed by atoms with E-state index in [4.69, 9.17) is 15.1 Å². The van der Waals surface area contributed by atoms with Crippen LogP contribution < -0.4 is 4.90 Å². The maximum atomic E-state index is 14.3. The SMILES string of the molecule is N=C(C=Cc1ncc(-c2csc(N3CCOCC3)n2)[nH]1)N1CCCC1c1ccccc1F. The zero-order valence-corrected chi connectivity index (χ0v) is 18.4. The first-order valence-electron chi connectivity index (χ1n) is 10.8. The number of rotatable bonds is 5. The zero-order valence-electron chi connectivity index (χ0n) is 17.6. The van der Waals surface area contributed by atoms with Gasteiger partial charge in [0.15, 0.2) is 5.13 Å². The number of morpholine rings is 1. The van der Waals surface area contributed by atoms with Gasteiger partial charge in [-0.25, -0.2) is 14.4 Å². The standard InChI is InChI=1S/C23H25FN6OS/c24-17-5-2-1-4-16(17)20-6-3-9-30(20)21(25)7-8-22-26-14-18(27-22)19-15-32-23(28-19)29-10-12-31-13-11-29/h1-2,4-5,7-8,14-15,20,25H,3,6,9-13H2,(H,26,27). The number of anilines is 1. The van der Waals surface area contributed by atoms with Crippen LogP contribution in [0.4, 0.5) is 9.52 Å². The number of hydrogen-bond donors (Lipinski definition) is 2. The van der Waals surface area contributed by atoms with E-state index in [2.05, 4.69) is 14.9 Å². The number of amidine groups is 1. The van der Waals surface area contributed by atoms with E-state index < -0.39 is 0 Å². The Bertz CT molecular complexity index is 1120. The second kappa shape index (κ2) is 9.22. The number of nitrogens with zero attached hydrogens (tertiary/aromatic N) is 4. The molecule has 0 bridgehead atoms. The predicted molar refractivity (Wildman–Crippen MR) is 125 cm³/mol. The third kappa shape index (κ3) is 4.31. The van der Waals surface area contributed by atoms with Crippen LogP contribution in [0.1, 0.15) is 30.3 Å². The van der Waals surface area contributed by atoms with E-state index in [1.807, 2.05) is 22.4 Å². The van der Waals surface area contributed by atoms with Crippen molar-refractivity contribution in [2.75, 3.05) is 37.7 Å². The molecule has 1 unspecified atom stereocenters. The van der Waals surface area contributed by atoms with E-state index in [9.17, 15) is 4.39 Å². The summed E-state index contributed by atoms with van der Waals surface area (Å²) in [5.41, 5.74) is 2.36. The van der Waals surface area contributed by atoms with Gasteiger partial charge >= 0.3 is 0 Å². The molecule has 0 amide bonds. The van der Waals surface area contributed by atoms with Gasteiger partial charge in [0.25, 0.3) is 0 Å². The summed E-state index contributed by atoms with van der Waals surface area (Å²) in [7, 11) is 0. The number of aromatic nitrogens is 3. The van der Waals surface area contributed by atoms with Gasteiger partial charge in [0.2, 0.25) is 0 Å². The lowest BCUT2D eigenvalue weighted by Crippen LogP contribution is -2.36. The van der Waals surface area contributed by atoms with Crippen LogP contribution in [0.25, 0.3) is 17.5 Å². The molecule has 32 heavy (non-hydrogen) atoms. The van der Waals surface area contributed by atoms with Crippen molar-refractivity contribution in [2.24, 2.45) is 0 Å². The van der Waals surface area contributed by atoms with Crippen LogP contribution in [0.2, 0.25) is 0 Å². The Morgan fingerprint density at radius 1 is 1.25 bits per heavy atom. The summed E-state index contributed by atoms with van der Waals surface area (Å²) in [6.45, 7) is 3.92. The normalized spacial score (nSPS) is 19.2. The molecule has 2 saturated heterocycles. The molecular formula is C23H25FN6OS. The fourth-order valence-electron chi connectivity index (χ4n) is 4.22. The molecule has 9 heteroatoms. The molecule has 166 valence electrons. The summed E-state index contributed by atoms with van der Waals surface area (Å²) in [6, 6.07) is 6.74. The molecule has 2 aromatic heterocycles. The summed E-state index contributed by atoms with van der Waals surface area (Å²) in [4.78, 5) is 16.6. The Kier molecular flexibility index (Phi) is 6.00. The third-order valence-electron chi connectivity index (χ3n) is 5.87. The summed E-state index contributed by atoms with van der Waals surface area (Å²) >= 11 is 1.62. The van der Waals surface area contributed by atoms with Crippen LogP contribution in [0.15, 0.2) is 41.9 Å². The van der Waals surface area contributed by atoms with E-state index >= 15 is 0 Å². The highest BCUT2D eigenvalue weighted by Gasteiger charge is 2.28. The maximum Gasteiger partial charge on any atom is 0.186 e. The second-order valence-electron chi connectivity index (χ2n) is 7.89. The van der Waals surface area contributed by atoms with Crippen LogP contribution in [-0.4, -0.2) is 58.5 Å². The molecule has 4 heterocycles. The fourth-order valence-corrected chi connectivity index (χ4v) is 5.10. The first kappa shape index (κ1) is 20.8. The lowest BCUT2D eigenvalue weighted by molar-refractivity contribution is 0.122.